The molecule has 0 saturated carbocycles. The lowest BCUT2D eigenvalue weighted by Gasteiger charge is -2.45. The smallest absolute Gasteiger partial charge is 0.336 e. The van der Waals surface area contributed by atoms with Gasteiger partial charge >= 0.3 is 5.97 Å². The van der Waals surface area contributed by atoms with E-state index >= 15 is 0 Å². The van der Waals surface area contributed by atoms with E-state index in [9.17, 15) is 13.2 Å². The van der Waals surface area contributed by atoms with E-state index in [1.165, 1.54) is 30.5 Å². The van der Waals surface area contributed by atoms with Gasteiger partial charge in [0.05, 0.1) is 16.1 Å². The van der Waals surface area contributed by atoms with E-state index in [1.54, 1.807) is 0 Å². The highest BCUT2D eigenvalue weighted by Crippen LogP contribution is 2.33. The summed E-state index contributed by atoms with van der Waals surface area (Å²) in [6.07, 6.45) is 0. The minimum atomic E-state index is -3.79. The maximum Gasteiger partial charge on any atom is 0.336 e. The molecule has 21 heavy (non-hydrogen) atoms. The number of methoxy groups -OCH3 is 1. The molecule has 1 aliphatic heterocycles. The SMILES string of the molecule is COC1(C)CN(S(=O)(=O)c2cc(Cl)cc(C(=O)O)c2C)C1. The van der Waals surface area contributed by atoms with Crippen molar-refractivity contribution in [3.63, 3.8) is 0 Å². The fraction of sp³-hybridized carbons (Fsp3) is 0.462. The molecule has 0 radical (unpaired) electrons. The van der Waals surface area contributed by atoms with Gasteiger partial charge in [-0.15, -0.1) is 0 Å². The number of nitrogens with zero attached hydrogens (tertiary/aromatic N) is 1. The Morgan fingerprint density at radius 1 is 1.43 bits per heavy atom. The quantitative estimate of drug-likeness (QED) is 0.907. The lowest BCUT2D eigenvalue weighted by atomic mass is 10.0. The molecule has 1 heterocycles. The summed E-state index contributed by atoms with van der Waals surface area (Å²) >= 11 is 5.85. The molecular weight excluding hydrogens is 318 g/mol. The van der Waals surface area contributed by atoms with Crippen molar-refractivity contribution in [2.75, 3.05) is 20.2 Å². The standard InChI is InChI=1S/C13H16ClNO5S/c1-8-10(12(16)17)4-9(14)5-11(8)21(18,19)15-6-13(2,7-15)20-3/h4-5H,6-7H2,1-3H3,(H,16,17). The van der Waals surface area contributed by atoms with Crippen LogP contribution in [-0.4, -0.2) is 49.6 Å². The summed E-state index contributed by atoms with van der Waals surface area (Å²) in [6, 6.07) is 2.52. The maximum absolute atomic E-state index is 12.6. The Hall–Kier alpha value is -1.15. The predicted octanol–water partition coefficient (Wildman–Crippen LogP) is 1.76. The molecule has 1 saturated heterocycles. The number of rotatable bonds is 4. The number of carbonyl (C=O) groups is 1. The fourth-order valence-corrected chi connectivity index (χ4v) is 4.50. The predicted molar refractivity (Wildman–Crippen MR) is 77.3 cm³/mol. The largest absolute Gasteiger partial charge is 0.478 e. The summed E-state index contributed by atoms with van der Waals surface area (Å²) in [5, 5.41) is 9.20. The second-order valence-corrected chi connectivity index (χ2v) is 7.65. The first-order valence-electron chi connectivity index (χ1n) is 6.19. The highest BCUT2D eigenvalue weighted by Gasteiger charge is 2.46. The highest BCUT2D eigenvalue weighted by atomic mass is 35.5. The van der Waals surface area contributed by atoms with E-state index in [4.69, 9.17) is 21.4 Å². The van der Waals surface area contributed by atoms with E-state index in [1.807, 2.05) is 6.92 Å². The average molecular weight is 334 g/mol. The van der Waals surface area contributed by atoms with Crippen LogP contribution in [0.2, 0.25) is 5.02 Å². The molecule has 1 N–H and O–H groups in total. The van der Waals surface area contributed by atoms with Crippen molar-refractivity contribution in [3.05, 3.63) is 28.3 Å². The zero-order valence-electron chi connectivity index (χ0n) is 11.9. The topological polar surface area (TPSA) is 83.9 Å². The van der Waals surface area contributed by atoms with Crippen molar-refractivity contribution in [3.8, 4) is 0 Å². The van der Waals surface area contributed by atoms with Gasteiger partial charge in [0.15, 0.2) is 0 Å². The third-order valence-corrected chi connectivity index (χ3v) is 5.82. The van der Waals surface area contributed by atoms with Crippen LogP contribution in [0, 0.1) is 6.92 Å². The fourth-order valence-electron chi connectivity index (χ4n) is 2.28. The van der Waals surface area contributed by atoms with Crippen LogP contribution in [-0.2, 0) is 14.8 Å². The second kappa shape index (κ2) is 5.24. The third kappa shape index (κ3) is 2.78. The van der Waals surface area contributed by atoms with Crippen LogP contribution < -0.4 is 0 Å². The van der Waals surface area contributed by atoms with Gasteiger partial charge in [-0.2, -0.15) is 4.31 Å². The normalized spacial score (nSPS) is 18.3. The molecule has 0 amide bonds. The van der Waals surface area contributed by atoms with Crippen LogP contribution in [0.5, 0.6) is 0 Å². The average Bonchev–Trinajstić information content (AvgIpc) is 2.36. The van der Waals surface area contributed by atoms with Crippen molar-refractivity contribution < 1.29 is 23.1 Å². The zero-order valence-corrected chi connectivity index (χ0v) is 13.5. The molecule has 2 rings (SSSR count). The minimum Gasteiger partial charge on any atom is -0.478 e. The monoisotopic (exact) mass is 333 g/mol. The van der Waals surface area contributed by atoms with Crippen molar-refractivity contribution in [2.45, 2.75) is 24.3 Å². The van der Waals surface area contributed by atoms with Crippen LogP contribution in [0.15, 0.2) is 17.0 Å². The Balaban J connectivity index is 2.45. The van der Waals surface area contributed by atoms with E-state index in [-0.39, 0.29) is 34.1 Å². The van der Waals surface area contributed by atoms with E-state index < -0.39 is 21.6 Å². The van der Waals surface area contributed by atoms with Gasteiger partial charge in [0, 0.05) is 25.2 Å². The molecule has 0 bridgehead atoms. The number of benzene rings is 1. The number of hydrogen-bond donors (Lipinski definition) is 1. The molecule has 8 heteroatoms. The molecule has 6 nitrogen and oxygen atoms in total. The maximum atomic E-state index is 12.6. The van der Waals surface area contributed by atoms with Gasteiger partial charge in [-0.3, -0.25) is 0 Å². The van der Waals surface area contributed by atoms with Gasteiger partial charge in [0.25, 0.3) is 0 Å². The molecule has 0 atom stereocenters. The van der Waals surface area contributed by atoms with Gasteiger partial charge in [-0.05, 0) is 31.5 Å². The lowest BCUT2D eigenvalue weighted by Crippen LogP contribution is -2.62. The zero-order chi connectivity index (χ0) is 16.0. The molecule has 1 aromatic rings. The summed E-state index contributed by atoms with van der Waals surface area (Å²) < 4.78 is 31.6. The number of carboxylic acids is 1. The number of hydrogen-bond acceptors (Lipinski definition) is 4. The first-order chi connectivity index (χ1) is 9.60. The number of carboxylic acid groups (broad SMARTS) is 1. The van der Waals surface area contributed by atoms with Crippen molar-refractivity contribution in [2.24, 2.45) is 0 Å². The number of aromatic carboxylic acids is 1. The Bertz CT molecular complexity index is 695. The Morgan fingerprint density at radius 3 is 2.48 bits per heavy atom. The molecule has 0 aromatic heterocycles. The van der Waals surface area contributed by atoms with E-state index in [0.29, 0.717) is 0 Å². The number of sulfonamides is 1. The molecule has 0 spiro atoms. The lowest BCUT2D eigenvalue weighted by molar-refractivity contribution is -0.0768. The second-order valence-electron chi connectivity index (χ2n) is 5.31. The van der Waals surface area contributed by atoms with E-state index in [2.05, 4.69) is 0 Å². The number of ether oxygens (including phenoxy) is 1. The van der Waals surface area contributed by atoms with Crippen LogP contribution in [0.25, 0.3) is 0 Å². The van der Waals surface area contributed by atoms with Gasteiger partial charge in [0.2, 0.25) is 10.0 Å². The van der Waals surface area contributed by atoms with Gasteiger partial charge in [0.1, 0.15) is 0 Å². The summed E-state index contributed by atoms with van der Waals surface area (Å²) in [5.41, 5.74) is -0.441. The summed E-state index contributed by atoms with van der Waals surface area (Å²) in [6.45, 7) is 3.72. The van der Waals surface area contributed by atoms with Crippen LogP contribution in [0.1, 0.15) is 22.8 Å². The summed E-state index contributed by atoms with van der Waals surface area (Å²) in [5.74, 6) is -1.21. The van der Waals surface area contributed by atoms with E-state index in [0.717, 1.165) is 0 Å². The molecule has 1 aromatic carbocycles. The molecule has 0 aliphatic carbocycles. The number of halogens is 1. The van der Waals surface area contributed by atoms with Gasteiger partial charge in [-0.1, -0.05) is 11.6 Å². The van der Waals surface area contributed by atoms with Crippen LogP contribution in [0.3, 0.4) is 0 Å². The molecule has 1 aliphatic rings. The molecular formula is C13H16ClNO5S. The minimum absolute atomic E-state index is 0.0756. The van der Waals surface area contributed by atoms with Gasteiger partial charge in [-0.25, -0.2) is 13.2 Å². The highest BCUT2D eigenvalue weighted by molar-refractivity contribution is 7.89. The third-order valence-electron chi connectivity index (χ3n) is 3.69. The molecule has 1 fully saturated rings. The van der Waals surface area contributed by atoms with Crippen molar-refractivity contribution in [1.82, 2.24) is 4.31 Å². The summed E-state index contributed by atoms with van der Waals surface area (Å²) in [7, 11) is -2.26. The van der Waals surface area contributed by atoms with Crippen LogP contribution in [0.4, 0.5) is 0 Å². The molecule has 116 valence electrons. The van der Waals surface area contributed by atoms with Gasteiger partial charge < -0.3 is 9.84 Å². The van der Waals surface area contributed by atoms with Crippen molar-refractivity contribution in [1.29, 1.82) is 0 Å². The van der Waals surface area contributed by atoms with Crippen LogP contribution >= 0.6 is 11.6 Å². The Labute approximate surface area is 128 Å². The first kappa shape index (κ1) is 16.2. The summed E-state index contributed by atoms with van der Waals surface area (Å²) in [4.78, 5) is 11.1. The van der Waals surface area contributed by atoms with Crippen molar-refractivity contribution >= 4 is 27.6 Å². The first-order valence-corrected chi connectivity index (χ1v) is 8.01. The Morgan fingerprint density at radius 2 is 2.00 bits per heavy atom. The Kier molecular flexibility index (Phi) is 4.05. The molecule has 0 unspecified atom stereocenters.